The zero-order valence-corrected chi connectivity index (χ0v) is 10.3. The van der Waals surface area contributed by atoms with Crippen LogP contribution in [0.4, 0.5) is 0 Å². The molecule has 1 N–H and O–H groups in total. The number of carboxylic acids is 1. The van der Waals surface area contributed by atoms with E-state index in [1.807, 2.05) is 0 Å². The SMILES string of the molecule is O=C(O)CCCCN1CC(=O)N2CCCC2C1=O. The van der Waals surface area contributed by atoms with Crippen molar-refractivity contribution >= 4 is 17.8 Å². The zero-order chi connectivity index (χ0) is 13.1. The second kappa shape index (κ2) is 5.37. The summed E-state index contributed by atoms with van der Waals surface area (Å²) in [5, 5.41) is 8.53. The van der Waals surface area contributed by atoms with Gasteiger partial charge in [-0.1, -0.05) is 0 Å². The molecule has 0 spiro atoms. The van der Waals surface area contributed by atoms with Crippen LogP contribution in [0.25, 0.3) is 0 Å². The minimum absolute atomic E-state index is 0.0235. The fraction of sp³-hybridized carbons (Fsp3) is 0.750. The van der Waals surface area contributed by atoms with Gasteiger partial charge >= 0.3 is 5.97 Å². The van der Waals surface area contributed by atoms with Crippen LogP contribution in [-0.2, 0) is 14.4 Å². The predicted molar refractivity (Wildman–Crippen MR) is 62.8 cm³/mol. The number of hydrogen-bond donors (Lipinski definition) is 1. The molecule has 0 radical (unpaired) electrons. The molecule has 2 heterocycles. The maximum absolute atomic E-state index is 12.1. The summed E-state index contributed by atoms with van der Waals surface area (Å²) in [5.41, 5.74) is 0. The number of piperazine rings is 1. The third kappa shape index (κ3) is 2.63. The third-order valence-corrected chi connectivity index (χ3v) is 3.56. The molecule has 0 aliphatic carbocycles. The molecular formula is C12H18N2O4. The van der Waals surface area contributed by atoms with Crippen molar-refractivity contribution in [2.75, 3.05) is 19.6 Å². The summed E-state index contributed by atoms with van der Waals surface area (Å²) < 4.78 is 0. The standard InChI is InChI=1S/C12H18N2O4/c15-10-8-13(6-2-1-5-11(16)17)12(18)9-4-3-7-14(9)10/h9H,1-8H2,(H,16,17). The van der Waals surface area contributed by atoms with Gasteiger partial charge in [0.15, 0.2) is 0 Å². The van der Waals surface area contributed by atoms with Gasteiger partial charge in [-0.2, -0.15) is 0 Å². The van der Waals surface area contributed by atoms with Crippen LogP contribution in [0.3, 0.4) is 0 Å². The summed E-state index contributed by atoms with van der Waals surface area (Å²) in [6, 6.07) is -0.259. The Balaban J connectivity index is 1.84. The lowest BCUT2D eigenvalue weighted by molar-refractivity contribution is -0.153. The van der Waals surface area contributed by atoms with Crippen LogP contribution in [0.2, 0.25) is 0 Å². The molecule has 0 aromatic heterocycles. The Morgan fingerprint density at radius 3 is 2.83 bits per heavy atom. The molecule has 2 fully saturated rings. The highest BCUT2D eigenvalue weighted by Gasteiger charge is 2.41. The molecule has 0 aromatic carbocycles. The molecule has 2 amide bonds. The first kappa shape index (κ1) is 12.9. The Hall–Kier alpha value is -1.59. The maximum Gasteiger partial charge on any atom is 0.303 e. The van der Waals surface area contributed by atoms with Gasteiger partial charge < -0.3 is 14.9 Å². The molecule has 1 unspecified atom stereocenters. The van der Waals surface area contributed by atoms with Crippen LogP contribution >= 0.6 is 0 Å². The zero-order valence-electron chi connectivity index (χ0n) is 10.3. The molecule has 100 valence electrons. The molecule has 0 saturated carbocycles. The second-order valence-electron chi connectivity index (χ2n) is 4.86. The summed E-state index contributed by atoms with van der Waals surface area (Å²) in [6.07, 6.45) is 2.95. The molecule has 2 aliphatic heterocycles. The quantitative estimate of drug-likeness (QED) is 0.704. The summed E-state index contributed by atoms with van der Waals surface area (Å²) >= 11 is 0. The average Bonchev–Trinajstić information content (AvgIpc) is 2.80. The molecule has 6 nitrogen and oxygen atoms in total. The monoisotopic (exact) mass is 254 g/mol. The number of rotatable bonds is 5. The number of nitrogens with zero attached hydrogens (tertiary/aromatic N) is 2. The van der Waals surface area contributed by atoms with E-state index >= 15 is 0 Å². The van der Waals surface area contributed by atoms with Crippen molar-refractivity contribution in [2.45, 2.75) is 38.1 Å². The number of amides is 2. The molecule has 1 atom stereocenters. The van der Waals surface area contributed by atoms with Crippen LogP contribution in [0.5, 0.6) is 0 Å². The van der Waals surface area contributed by atoms with Crippen molar-refractivity contribution in [3.8, 4) is 0 Å². The van der Waals surface area contributed by atoms with Crippen molar-refractivity contribution in [1.82, 2.24) is 9.80 Å². The van der Waals surface area contributed by atoms with E-state index in [0.29, 0.717) is 25.9 Å². The van der Waals surface area contributed by atoms with Crippen molar-refractivity contribution in [2.24, 2.45) is 0 Å². The summed E-state index contributed by atoms with van der Waals surface area (Å²) in [4.78, 5) is 37.5. The van der Waals surface area contributed by atoms with Crippen molar-refractivity contribution < 1.29 is 19.5 Å². The van der Waals surface area contributed by atoms with E-state index in [2.05, 4.69) is 0 Å². The first-order valence-corrected chi connectivity index (χ1v) is 6.39. The number of aliphatic carboxylic acids is 1. The van der Waals surface area contributed by atoms with Gasteiger partial charge in [0, 0.05) is 19.5 Å². The van der Waals surface area contributed by atoms with Gasteiger partial charge in [0.2, 0.25) is 11.8 Å². The Morgan fingerprint density at radius 1 is 1.33 bits per heavy atom. The van der Waals surface area contributed by atoms with Crippen molar-refractivity contribution in [3.05, 3.63) is 0 Å². The second-order valence-corrected chi connectivity index (χ2v) is 4.86. The summed E-state index contributed by atoms with van der Waals surface area (Å²) in [5.74, 6) is -0.768. The summed E-state index contributed by atoms with van der Waals surface area (Å²) in [7, 11) is 0. The highest BCUT2D eigenvalue weighted by molar-refractivity contribution is 5.95. The van der Waals surface area contributed by atoms with Crippen LogP contribution in [0, 0.1) is 0 Å². The Kier molecular flexibility index (Phi) is 3.84. The van der Waals surface area contributed by atoms with E-state index in [4.69, 9.17) is 5.11 Å². The third-order valence-electron chi connectivity index (χ3n) is 3.56. The molecular weight excluding hydrogens is 236 g/mol. The minimum atomic E-state index is -0.821. The fourth-order valence-electron chi connectivity index (χ4n) is 2.63. The molecule has 2 saturated heterocycles. The van der Waals surface area contributed by atoms with Gasteiger partial charge in [0.25, 0.3) is 0 Å². The number of carbonyl (C=O) groups excluding carboxylic acids is 2. The van der Waals surface area contributed by atoms with E-state index in [1.54, 1.807) is 9.80 Å². The normalized spacial score (nSPS) is 23.4. The highest BCUT2D eigenvalue weighted by Crippen LogP contribution is 2.23. The number of carbonyl (C=O) groups is 3. The lowest BCUT2D eigenvalue weighted by Gasteiger charge is -2.36. The van der Waals surface area contributed by atoms with Gasteiger partial charge in [-0.25, -0.2) is 0 Å². The molecule has 2 rings (SSSR count). The number of unbranched alkanes of at least 4 members (excludes halogenated alkanes) is 1. The minimum Gasteiger partial charge on any atom is -0.481 e. The first-order chi connectivity index (χ1) is 8.59. The van der Waals surface area contributed by atoms with Crippen molar-refractivity contribution in [3.63, 3.8) is 0 Å². The van der Waals surface area contributed by atoms with E-state index < -0.39 is 5.97 Å². The number of hydrogen-bond acceptors (Lipinski definition) is 3. The van der Waals surface area contributed by atoms with Crippen LogP contribution in [0.1, 0.15) is 32.1 Å². The molecule has 18 heavy (non-hydrogen) atoms. The average molecular weight is 254 g/mol. The van der Waals surface area contributed by atoms with Crippen LogP contribution < -0.4 is 0 Å². The van der Waals surface area contributed by atoms with Gasteiger partial charge in [-0.05, 0) is 25.7 Å². The number of carboxylic acid groups (broad SMARTS) is 1. The van der Waals surface area contributed by atoms with E-state index in [-0.39, 0.29) is 30.8 Å². The van der Waals surface area contributed by atoms with Gasteiger partial charge in [0.05, 0.1) is 6.54 Å². The van der Waals surface area contributed by atoms with Crippen molar-refractivity contribution in [1.29, 1.82) is 0 Å². The van der Waals surface area contributed by atoms with E-state index in [0.717, 1.165) is 12.8 Å². The van der Waals surface area contributed by atoms with Crippen LogP contribution in [0.15, 0.2) is 0 Å². The molecule has 2 aliphatic rings. The topological polar surface area (TPSA) is 77.9 Å². The predicted octanol–water partition coefficient (Wildman–Crippen LogP) is 0.0745. The largest absolute Gasteiger partial charge is 0.481 e. The molecule has 0 aromatic rings. The Labute approximate surface area is 106 Å². The lowest BCUT2D eigenvalue weighted by Crippen LogP contribution is -2.57. The Morgan fingerprint density at radius 2 is 2.11 bits per heavy atom. The fourth-order valence-corrected chi connectivity index (χ4v) is 2.63. The smallest absolute Gasteiger partial charge is 0.303 e. The summed E-state index contributed by atoms with van der Waals surface area (Å²) in [6.45, 7) is 1.34. The van der Waals surface area contributed by atoms with Crippen LogP contribution in [-0.4, -0.2) is 58.4 Å². The number of fused-ring (bicyclic) bond motifs is 1. The first-order valence-electron chi connectivity index (χ1n) is 6.39. The van der Waals surface area contributed by atoms with Gasteiger partial charge in [0.1, 0.15) is 6.04 Å². The van der Waals surface area contributed by atoms with E-state index in [1.165, 1.54) is 0 Å². The van der Waals surface area contributed by atoms with E-state index in [9.17, 15) is 14.4 Å². The van der Waals surface area contributed by atoms with Gasteiger partial charge in [-0.15, -0.1) is 0 Å². The Bertz CT molecular complexity index is 369. The molecule has 6 heteroatoms. The lowest BCUT2D eigenvalue weighted by atomic mass is 10.1. The maximum atomic E-state index is 12.1. The molecule has 0 bridgehead atoms. The van der Waals surface area contributed by atoms with Gasteiger partial charge in [-0.3, -0.25) is 14.4 Å². The highest BCUT2D eigenvalue weighted by atomic mass is 16.4.